The standard InChI is InChI=1S/C28H36N5O5P/c1-17-29-14-18-15-30-25-24(32(17)18)13-23(21-16-31(8)22-11-10-19(37-9)12-20(21)22)33(25)28(26(2,3)4,27(5,6)7)38-39(34,35)36/h10-16H,1-9H3,(H2,34,35,36). The highest BCUT2D eigenvalue weighted by Gasteiger charge is 2.58. The molecule has 2 N–H and O–H groups in total. The fourth-order valence-electron chi connectivity index (χ4n) is 6.27. The molecule has 0 unspecified atom stereocenters. The average molecular weight is 554 g/mol. The summed E-state index contributed by atoms with van der Waals surface area (Å²) in [7, 11) is -1.41. The second-order valence-corrected chi connectivity index (χ2v) is 13.3. The average Bonchev–Trinajstić information content (AvgIpc) is 3.48. The van der Waals surface area contributed by atoms with Gasteiger partial charge in [0.15, 0.2) is 11.4 Å². The van der Waals surface area contributed by atoms with E-state index in [0.717, 1.165) is 33.3 Å². The summed E-state index contributed by atoms with van der Waals surface area (Å²) in [5.41, 5.74) is 1.46. The van der Waals surface area contributed by atoms with Crippen LogP contribution in [0.15, 0.2) is 42.9 Å². The lowest BCUT2D eigenvalue weighted by molar-refractivity contribution is -0.187. The first-order chi connectivity index (χ1) is 18.0. The zero-order valence-corrected chi connectivity index (χ0v) is 24.7. The Morgan fingerprint density at radius 3 is 2.18 bits per heavy atom. The van der Waals surface area contributed by atoms with Gasteiger partial charge in [-0.2, -0.15) is 0 Å². The molecular formula is C28H36N5O5P. The summed E-state index contributed by atoms with van der Waals surface area (Å²) in [6.07, 6.45) is 5.50. The van der Waals surface area contributed by atoms with Crippen molar-refractivity contribution in [3.8, 4) is 17.0 Å². The zero-order valence-electron chi connectivity index (χ0n) is 23.8. The van der Waals surface area contributed by atoms with Crippen LogP contribution in [-0.4, -0.2) is 40.4 Å². The minimum absolute atomic E-state index is 0.525. The topological polar surface area (TPSA) is 116 Å². The number of hydrogen-bond acceptors (Lipinski definition) is 5. The van der Waals surface area contributed by atoms with E-state index < -0.39 is 24.4 Å². The SMILES string of the molecule is COc1ccc2c(c1)c(-c1cc3c(ncc4cnc(C)n43)n1C(OP(=O)(O)O)(C(C)(C)C)C(C)(C)C)cn2C. The second kappa shape index (κ2) is 8.66. The Morgan fingerprint density at radius 1 is 0.949 bits per heavy atom. The number of ether oxygens (including phenoxy) is 1. The molecular weight excluding hydrogens is 517 g/mol. The van der Waals surface area contributed by atoms with E-state index >= 15 is 0 Å². The molecule has 5 rings (SSSR count). The van der Waals surface area contributed by atoms with Gasteiger partial charge in [0.1, 0.15) is 11.6 Å². The first-order valence-corrected chi connectivity index (χ1v) is 14.3. The summed E-state index contributed by atoms with van der Waals surface area (Å²) in [6, 6.07) is 7.88. The minimum Gasteiger partial charge on any atom is -0.497 e. The predicted molar refractivity (Wildman–Crippen MR) is 152 cm³/mol. The van der Waals surface area contributed by atoms with E-state index in [2.05, 4.69) is 4.98 Å². The molecule has 0 aliphatic carbocycles. The van der Waals surface area contributed by atoms with Gasteiger partial charge in [-0.05, 0) is 31.2 Å². The Bertz CT molecular complexity index is 1760. The maximum atomic E-state index is 12.7. The van der Waals surface area contributed by atoms with Crippen molar-refractivity contribution < 1.29 is 23.6 Å². The highest BCUT2D eigenvalue weighted by Crippen LogP contribution is 2.60. The van der Waals surface area contributed by atoms with Gasteiger partial charge in [0.05, 0.1) is 36.2 Å². The minimum atomic E-state index is -5.00. The fraction of sp³-hybridized carbons (Fsp3) is 0.429. The normalized spacial score (nSPS) is 13.7. The first kappa shape index (κ1) is 27.4. The first-order valence-electron chi connectivity index (χ1n) is 12.7. The van der Waals surface area contributed by atoms with Gasteiger partial charge >= 0.3 is 7.82 Å². The molecule has 0 aliphatic rings. The number of fused-ring (bicyclic) bond motifs is 4. The summed E-state index contributed by atoms with van der Waals surface area (Å²) in [4.78, 5) is 30.1. The monoisotopic (exact) mass is 553 g/mol. The zero-order chi connectivity index (χ0) is 28.7. The Labute approximate surface area is 227 Å². The molecule has 0 spiro atoms. The largest absolute Gasteiger partial charge is 0.497 e. The molecule has 4 heterocycles. The van der Waals surface area contributed by atoms with Crippen LogP contribution in [0.4, 0.5) is 0 Å². The van der Waals surface area contributed by atoms with Crippen molar-refractivity contribution in [2.24, 2.45) is 17.9 Å². The molecule has 39 heavy (non-hydrogen) atoms. The van der Waals surface area contributed by atoms with E-state index in [4.69, 9.17) is 14.2 Å². The number of aryl methyl sites for hydroxylation is 2. The molecule has 0 radical (unpaired) electrons. The Balaban J connectivity index is 2.05. The van der Waals surface area contributed by atoms with E-state index in [1.165, 1.54) is 0 Å². The van der Waals surface area contributed by atoms with E-state index in [0.29, 0.717) is 17.1 Å². The number of rotatable bonds is 5. The van der Waals surface area contributed by atoms with Crippen LogP contribution >= 0.6 is 7.82 Å². The van der Waals surface area contributed by atoms with E-state index in [-0.39, 0.29) is 0 Å². The number of nitrogens with zero attached hydrogens (tertiary/aromatic N) is 5. The van der Waals surface area contributed by atoms with E-state index in [9.17, 15) is 14.4 Å². The van der Waals surface area contributed by atoms with Crippen LogP contribution in [0.2, 0.25) is 0 Å². The smallest absolute Gasteiger partial charge is 0.471 e. The van der Waals surface area contributed by atoms with Crippen LogP contribution in [0, 0.1) is 17.8 Å². The maximum Gasteiger partial charge on any atom is 0.471 e. The van der Waals surface area contributed by atoms with Crippen molar-refractivity contribution in [3.05, 3.63) is 48.7 Å². The summed E-state index contributed by atoms with van der Waals surface area (Å²) >= 11 is 0. The van der Waals surface area contributed by atoms with Gasteiger partial charge in [-0.1, -0.05) is 41.5 Å². The maximum absolute atomic E-state index is 12.7. The third-order valence-corrected chi connectivity index (χ3v) is 8.05. The summed E-state index contributed by atoms with van der Waals surface area (Å²) in [5, 5.41) is 0.924. The fourth-order valence-corrected chi connectivity index (χ4v) is 7.24. The Kier molecular flexibility index (Phi) is 6.09. The molecule has 0 saturated heterocycles. The van der Waals surface area contributed by atoms with Crippen molar-refractivity contribution in [1.29, 1.82) is 0 Å². The molecule has 0 bridgehead atoms. The molecule has 10 nitrogen and oxygen atoms in total. The summed E-state index contributed by atoms with van der Waals surface area (Å²) < 4.78 is 30.2. The number of hydrogen-bond donors (Lipinski definition) is 2. The number of phosphoric acid groups is 1. The van der Waals surface area contributed by atoms with Crippen LogP contribution in [0.1, 0.15) is 47.4 Å². The van der Waals surface area contributed by atoms with Crippen molar-refractivity contribution in [3.63, 3.8) is 0 Å². The van der Waals surface area contributed by atoms with Gasteiger partial charge in [0.2, 0.25) is 0 Å². The van der Waals surface area contributed by atoms with E-state index in [1.807, 2.05) is 99.5 Å². The van der Waals surface area contributed by atoms with E-state index in [1.54, 1.807) is 19.5 Å². The lowest BCUT2D eigenvalue weighted by Crippen LogP contribution is -2.56. The van der Waals surface area contributed by atoms with Gasteiger partial charge < -0.3 is 19.1 Å². The van der Waals surface area contributed by atoms with Gasteiger partial charge in [-0.3, -0.25) is 13.5 Å². The van der Waals surface area contributed by atoms with Crippen LogP contribution in [0.3, 0.4) is 0 Å². The third-order valence-electron chi connectivity index (χ3n) is 7.55. The van der Waals surface area contributed by atoms with Crippen LogP contribution in [0.5, 0.6) is 5.75 Å². The Morgan fingerprint density at radius 2 is 1.59 bits per heavy atom. The number of methoxy groups -OCH3 is 1. The van der Waals surface area contributed by atoms with Crippen molar-refractivity contribution in [2.75, 3.05) is 7.11 Å². The predicted octanol–water partition coefficient (Wildman–Crippen LogP) is 6.01. The van der Waals surface area contributed by atoms with Crippen molar-refractivity contribution in [1.82, 2.24) is 23.5 Å². The molecule has 0 aliphatic heterocycles. The number of aromatic nitrogens is 5. The second-order valence-electron chi connectivity index (χ2n) is 12.2. The van der Waals surface area contributed by atoms with Crippen molar-refractivity contribution >= 4 is 35.4 Å². The van der Waals surface area contributed by atoms with Crippen LogP contribution in [-0.2, 0) is 21.9 Å². The van der Waals surface area contributed by atoms with Gasteiger partial charge in [0.25, 0.3) is 0 Å². The highest BCUT2D eigenvalue weighted by molar-refractivity contribution is 7.46. The molecule has 0 amide bonds. The quantitative estimate of drug-likeness (QED) is 0.256. The van der Waals surface area contributed by atoms with Gasteiger partial charge in [-0.25, -0.2) is 14.5 Å². The van der Waals surface area contributed by atoms with Crippen molar-refractivity contribution in [2.45, 2.75) is 54.2 Å². The highest BCUT2D eigenvalue weighted by atomic mass is 31.2. The molecule has 208 valence electrons. The molecule has 1 aromatic carbocycles. The lowest BCUT2D eigenvalue weighted by atomic mass is 9.68. The molecule has 0 fully saturated rings. The lowest BCUT2D eigenvalue weighted by Gasteiger charge is -2.53. The number of benzene rings is 1. The number of phosphoric ester groups is 1. The third kappa shape index (κ3) is 4.09. The molecule has 0 atom stereocenters. The Hall–Kier alpha value is -3.17. The summed E-state index contributed by atoms with van der Waals surface area (Å²) in [5.74, 6) is 1.47. The molecule has 11 heteroatoms. The van der Waals surface area contributed by atoms with Gasteiger partial charge in [-0.15, -0.1) is 0 Å². The van der Waals surface area contributed by atoms with Crippen LogP contribution < -0.4 is 4.74 Å². The molecule has 4 aromatic heterocycles. The molecule has 5 aromatic rings. The summed E-state index contributed by atoms with van der Waals surface area (Å²) in [6.45, 7) is 13.5. The molecule has 0 saturated carbocycles. The van der Waals surface area contributed by atoms with Crippen LogP contribution in [0.25, 0.3) is 38.8 Å². The van der Waals surface area contributed by atoms with Gasteiger partial charge in [0, 0.05) is 40.5 Å². The number of imidazole rings is 1.